The van der Waals surface area contributed by atoms with Gasteiger partial charge in [0.25, 0.3) is 0 Å². The maximum atomic E-state index is 12.8. The van der Waals surface area contributed by atoms with E-state index in [-0.39, 0.29) is 11.9 Å². The molecule has 0 atom stereocenters. The van der Waals surface area contributed by atoms with Crippen LogP contribution in [-0.4, -0.2) is 88.7 Å². The van der Waals surface area contributed by atoms with Crippen molar-refractivity contribution in [3.63, 3.8) is 0 Å². The number of benzene rings is 1. The van der Waals surface area contributed by atoms with E-state index in [1.54, 1.807) is 0 Å². The molecule has 0 amide bonds. The summed E-state index contributed by atoms with van der Waals surface area (Å²) in [6.45, 7) is 4.85. The molecule has 0 unspecified atom stereocenters. The highest BCUT2D eigenvalue weighted by Gasteiger charge is 2.38. The largest absolute Gasteiger partial charge is 0.490 e. The minimum atomic E-state index is -5.08. The number of aliphatic hydroxyl groups excluding tert-OH is 1. The lowest BCUT2D eigenvalue weighted by Gasteiger charge is -2.30. The van der Waals surface area contributed by atoms with Crippen molar-refractivity contribution in [1.29, 1.82) is 0 Å². The summed E-state index contributed by atoms with van der Waals surface area (Å²) in [5.74, 6) is -5.70. The fraction of sp³-hybridized carbons (Fsp3) is 0.579. The monoisotopic (exact) mass is 494 g/mol. The number of carboxylic acids is 2. The van der Waals surface area contributed by atoms with Gasteiger partial charge in [-0.05, 0) is 37.6 Å². The van der Waals surface area contributed by atoms with Gasteiger partial charge >= 0.3 is 24.3 Å². The number of alkyl halides is 6. The SMILES string of the molecule is CN(CCN1CCC(O)CC1)Cc1ccc(F)cc1.O=C(O)C(F)(F)F.O=C(O)C(F)(F)F. The predicted octanol–water partition coefficient (Wildman–Crippen LogP) is 2.98. The molecule has 33 heavy (non-hydrogen) atoms. The average molecular weight is 494 g/mol. The Balaban J connectivity index is 0.000000605. The number of carbonyl (C=O) groups is 2. The summed E-state index contributed by atoms with van der Waals surface area (Å²) in [4.78, 5) is 22.4. The quantitative estimate of drug-likeness (QED) is 0.541. The van der Waals surface area contributed by atoms with Gasteiger partial charge in [0.2, 0.25) is 0 Å². The van der Waals surface area contributed by atoms with Crippen molar-refractivity contribution in [3.05, 3.63) is 35.6 Å². The molecule has 0 spiro atoms. The van der Waals surface area contributed by atoms with Crippen LogP contribution in [0, 0.1) is 5.82 Å². The third kappa shape index (κ3) is 15.1. The molecule has 14 heteroatoms. The molecule has 0 bridgehead atoms. The summed E-state index contributed by atoms with van der Waals surface area (Å²) >= 11 is 0. The van der Waals surface area contributed by atoms with Crippen molar-refractivity contribution in [2.24, 2.45) is 0 Å². The molecule has 7 nitrogen and oxygen atoms in total. The molecule has 0 radical (unpaired) electrons. The maximum absolute atomic E-state index is 12.8. The number of aliphatic hydroxyl groups is 1. The first-order valence-electron chi connectivity index (χ1n) is 9.46. The first-order valence-corrected chi connectivity index (χ1v) is 9.46. The fourth-order valence-electron chi connectivity index (χ4n) is 2.44. The summed E-state index contributed by atoms with van der Waals surface area (Å²) in [7, 11) is 2.09. The smallest absolute Gasteiger partial charge is 0.475 e. The van der Waals surface area contributed by atoms with Crippen LogP contribution in [0.3, 0.4) is 0 Å². The molecule has 0 aromatic heterocycles. The third-order valence-corrected chi connectivity index (χ3v) is 4.21. The van der Waals surface area contributed by atoms with Gasteiger partial charge in [0, 0.05) is 32.7 Å². The minimum absolute atomic E-state index is 0.104. The molecule has 2 rings (SSSR count). The van der Waals surface area contributed by atoms with Gasteiger partial charge in [0.1, 0.15) is 5.82 Å². The molecule has 1 saturated heterocycles. The summed E-state index contributed by atoms with van der Waals surface area (Å²) in [5, 5.41) is 23.7. The Labute approximate surface area is 185 Å². The second-order valence-electron chi connectivity index (χ2n) is 7.04. The van der Waals surface area contributed by atoms with Gasteiger partial charge in [0.15, 0.2) is 0 Å². The number of carboxylic acid groups (broad SMARTS) is 2. The van der Waals surface area contributed by atoms with E-state index in [2.05, 4.69) is 16.8 Å². The van der Waals surface area contributed by atoms with Crippen LogP contribution in [0.1, 0.15) is 18.4 Å². The molecule has 1 aromatic rings. The first kappa shape index (κ1) is 30.6. The highest BCUT2D eigenvalue weighted by Crippen LogP contribution is 2.14. The second-order valence-corrected chi connectivity index (χ2v) is 7.04. The number of halogens is 7. The van der Waals surface area contributed by atoms with Crippen molar-refractivity contribution in [1.82, 2.24) is 9.80 Å². The molecule has 0 saturated carbocycles. The van der Waals surface area contributed by atoms with Crippen LogP contribution >= 0.6 is 0 Å². The maximum Gasteiger partial charge on any atom is 0.490 e. The Morgan fingerprint density at radius 2 is 1.36 bits per heavy atom. The van der Waals surface area contributed by atoms with Gasteiger partial charge in [-0.2, -0.15) is 26.3 Å². The number of likely N-dealkylation sites (N-methyl/N-ethyl adjacent to an activating group) is 1. The minimum Gasteiger partial charge on any atom is -0.475 e. The zero-order valence-electron chi connectivity index (χ0n) is 17.5. The molecule has 1 aromatic carbocycles. The van der Waals surface area contributed by atoms with Crippen molar-refractivity contribution >= 4 is 11.9 Å². The van der Waals surface area contributed by atoms with Crippen LogP contribution in [-0.2, 0) is 16.1 Å². The topological polar surface area (TPSA) is 101 Å². The summed E-state index contributed by atoms with van der Waals surface area (Å²) in [5.41, 5.74) is 1.14. The van der Waals surface area contributed by atoms with Crippen molar-refractivity contribution < 1.29 is 55.6 Å². The number of piperidine rings is 1. The van der Waals surface area contributed by atoms with E-state index in [4.69, 9.17) is 19.8 Å². The van der Waals surface area contributed by atoms with Crippen LogP contribution in [0.5, 0.6) is 0 Å². The number of rotatable bonds is 5. The third-order valence-electron chi connectivity index (χ3n) is 4.21. The molecular weight excluding hydrogens is 469 g/mol. The normalized spacial score (nSPS) is 15.2. The van der Waals surface area contributed by atoms with E-state index < -0.39 is 24.3 Å². The van der Waals surface area contributed by atoms with E-state index in [0.717, 1.165) is 51.1 Å². The zero-order valence-corrected chi connectivity index (χ0v) is 17.5. The van der Waals surface area contributed by atoms with Crippen molar-refractivity contribution in [2.75, 3.05) is 33.2 Å². The van der Waals surface area contributed by atoms with Gasteiger partial charge in [-0.3, -0.25) is 0 Å². The number of aliphatic carboxylic acids is 2. The van der Waals surface area contributed by atoms with Crippen LogP contribution < -0.4 is 0 Å². The number of likely N-dealkylation sites (tertiary alicyclic amines) is 1. The molecule has 1 fully saturated rings. The predicted molar refractivity (Wildman–Crippen MR) is 102 cm³/mol. The summed E-state index contributed by atoms with van der Waals surface area (Å²) in [6.07, 6.45) is -8.49. The Kier molecular flexibility index (Phi) is 12.9. The van der Waals surface area contributed by atoms with E-state index in [0.29, 0.717) is 0 Å². The highest BCUT2D eigenvalue weighted by molar-refractivity contribution is 5.73. The van der Waals surface area contributed by atoms with Crippen LogP contribution in [0.2, 0.25) is 0 Å². The van der Waals surface area contributed by atoms with Gasteiger partial charge in [-0.1, -0.05) is 12.1 Å². The van der Waals surface area contributed by atoms with Gasteiger partial charge in [-0.15, -0.1) is 0 Å². The van der Waals surface area contributed by atoms with E-state index in [1.807, 2.05) is 12.1 Å². The Hall–Kier alpha value is -2.45. The Morgan fingerprint density at radius 3 is 1.73 bits per heavy atom. The van der Waals surface area contributed by atoms with Crippen LogP contribution in [0.15, 0.2) is 24.3 Å². The molecule has 1 heterocycles. The van der Waals surface area contributed by atoms with Crippen molar-refractivity contribution in [3.8, 4) is 0 Å². The zero-order chi connectivity index (χ0) is 25.8. The standard InChI is InChI=1S/C15H23FN2O.2C2HF3O2/c1-17(12-13-2-4-14(16)5-3-13)10-11-18-8-6-15(19)7-9-18;2*3-2(4,5)1(6)7/h2-5,15,19H,6-12H2,1H3;2*(H,6,7). The van der Waals surface area contributed by atoms with Gasteiger partial charge < -0.3 is 25.1 Å². The molecule has 0 aliphatic carbocycles. The molecule has 3 N–H and O–H groups in total. The van der Waals surface area contributed by atoms with Crippen LogP contribution in [0.4, 0.5) is 30.7 Å². The van der Waals surface area contributed by atoms with E-state index >= 15 is 0 Å². The Bertz CT molecular complexity index is 695. The first-order chi connectivity index (χ1) is 15.0. The van der Waals surface area contributed by atoms with E-state index in [1.165, 1.54) is 12.1 Å². The van der Waals surface area contributed by atoms with E-state index in [9.17, 15) is 35.8 Å². The highest BCUT2D eigenvalue weighted by atomic mass is 19.4. The Morgan fingerprint density at radius 1 is 0.970 bits per heavy atom. The van der Waals surface area contributed by atoms with Gasteiger partial charge in [-0.25, -0.2) is 14.0 Å². The number of nitrogens with zero attached hydrogens (tertiary/aromatic N) is 2. The summed E-state index contributed by atoms with van der Waals surface area (Å²) < 4.78 is 76.3. The summed E-state index contributed by atoms with van der Waals surface area (Å²) in [6, 6.07) is 6.69. The van der Waals surface area contributed by atoms with Crippen molar-refractivity contribution in [2.45, 2.75) is 37.8 Å². The van der Waals surface area contributed by atoms with Gasteiger partial charge in [0.05, 0.1) is 6.10 Å². The van der Waals surface area contributed by atoms with Crippen LogP contribution in [0.25, 0.3) is 0 Å². The molecule has 1 aliphatic rings. The second kappa shape index (κ2) is 14.0. The lowest BCUT2D eigenvalue weighted by molar-refractivity contribution is -0.193. The lowest BCUT2D eigenvalue weighted by Crippen LogP contribution is -2.40. The average Bonchev–Trinajstić information content (AvgIpc) is 2.69. The fourth-order valence-corrected chi connectivity index (χ4v) is 2.44. The molecular formula is C19H25F7N2O5. The molecule has 190 valence electrons. The number of hydrogen-bond acceptors (Lipinski definition) is 5. The lowest BCUT2D eigenvalue weighted by atomic mass is 10.1. The number of hydrogen-bond donors (Lipinski definition) is 3. The molecule has 1 aliphatic heterocycles.